The first kappa shape index (κ1) is 20.7. The maximum absolute atomic E-state index is 14.5. The first-order valence-electron chi connectivity index (χ1n) is 11.5. The number of morpholine rings is 1. The van der Waals surface area contributed by atoms with E-state index in [-0.39, 0.29) is 53.4 Å². The molecule has 0 aromatic carbocycles. The minimum Gasteiger partial charge on any atom is -0.371 e. The van der Waals surface area contributed by atoms with E-state index in [1.165, 1.54) is 12.8 Å². The Bertz CT molecular complexity index is 728. The van der Waals surface area contributed by atoms with E-state index in [0.29, 0.717) is 13.0 Å². The van der Waals surface area contributed by atoms with Crippen molar-refractivity contribution in [3.63, 3.8) is 0 Å². The molecule has 1 N–H and O–H groups in total. The van der Waals surface area contributed by atoms with Gasteiger partial charge in [-0.2, -0.15) is 0 Å². The van der Waals surface area contributed by atoms with Crippen LogP contribution in [0.2, 0.25) is 0 Å². The Morgan fingerprint density at radius 1 is 1.20 bits per heavy atom. The maximum atomic E-state index is 14.5. The van der Waals surface area contributed by atoms with Gasteiger partial charge in [-0.25, -0.2) is 4.39 Å². The summed E-state index contributed by atoms with van der Waals surface area (Å²) in [5.74, 6) is -1.07. The predicted molar refractivity (Wildman–Crippen MR) is 111 cm³/mol. The Kier molecular flexibility index (Phi) is 5.80. The molecule has 7 atom stereocenters. The summed E-state index contributed by atoms with van der Waals surface area (Å²) < 4.78 is 20.8. The van der Waals surface area contributed by atoms with Gasteiger partial charge in [0.1, 0.15) is 6.17 Å². The number of ether oxygens (including phenoxy) is 1. The molecule has 0 radical (unpaired) electrons. The van der Waals surface area contributed by atoms with Gasteiger partial charge in [0, 0.05) is 37.0 Å². The average molecular weight is 440 g/mol. The minimum absolute atomic E-state index is 0.0621. The van der Waals surface area contributed by atoms with Crippen molar-refractivity contribution in [2.24, 2.45) is 5.92 Å². The van der Waals surface area contributed by atoms with Gasteiger partial charge in [-0.05, 0) is 51.6 Å². The van der Waals surface area contributed by atoms with Crippen molar-refractivity contribution in [2.45, 2.75) is 80.8 Å². The Hall–Kier alpha value is -1.18. The molecule has 3 heterocycles. The van der Waals surface area contributed by atoms with Gasteiger partial charge < -0.3 is 19.9 Å². The second-order valence-electron chi connectivity index (χ2n) is 9.52. The number of Topliss-reactive ketones (excluding diaryl/α,β-unsaturated/α-hetero) is 1. The molecule has 30 heavy (non-hydrogen) atoms. The SMILES string of the molecule is O=C(NCCN1CCCC1)C1=CN2C3CCC(Cl)CC3OC3CC(F)CC(C1=O)C32. The molecule has 0 bridgehead atoms. The molecule has 7 unspecified atom stereocenters. The number of halogens is 2. The minimum atomic E-state index is -1.08. The Balaban J connectivity index is 1.36. The number of nitrogens with one attached hydrogen (secondary N) is 1. The summed E-state index contributed by atoms with van der Waals surface area (Å²) >= 11 is 6.38. The summed E-state index contributed by atoms with van der Waals surface area (Å²) in [6.07, 6.45) is 5.66. The zero-order valence-corrected chi connectivity index (χ0v) is 18.0. The molecule has 5 aliphatic rings. The predicted octanol–water partition coefficient (Wildman–Crippen LogP) is 2.01. The molecule has 2 saturated carbocycles. The monoisotopic (exact) mass is 439 g/mol. The second kappa shape index (κ2) is 8.40. The van der Waals surface area contributed by atoms with Crippen LogP contribution in [0.15, 0.2) is 11.8 Å². The third kappa shape index (κ3) is 3.78. The third-order valence-corrected chi connectivity index (χ3v) is 7.99. The van der Waals surface area contributed by atoms with Crippen molar-refractivity contribution < 1.29 is 18.7 Å². The number of hydrogen-bond donors (Lipinski definition) is 1. The third-order valence-electron chi connectivity index (χ3n) is 7.60. The summed E-state index contributed by atoms with van der Waals surface area (Å²) in [5.41, 5.74) is 0.180. The number of likely N-dealkylation sites (tertiary alicyclic amines) is 1. The van der Waals surface area contributed by atoms with Crippen LogP contribution < -0.4 is 5.32 Å². The molecule has 2 saturated heterocycles. The molecule has 166 valence electrons. The molecule has 0 spiro atoms. The van der Waals surface area contributed by atoms with Crippen LogP contribution in [0, 0.1) is 5.92 Å². The molecule has 8 heteroatoms. The lowest BCUT2D eigenvalue weighted by atomic mass is 9.71. The summed E-state index contributed by atoms with van der Waals surface area (Å²) in [4.78, 5) is 30.6. The average Bonchev–Trinajstić information content (AvgIpc) is 3.22. The molecule has 1 amide bonds. The highest BCUT2D eigenvalue weighted by atomic mass is 35.5. The fourth-order valence-electron chi connectivity index (χ4n) is 6.15. The number of rotatable bonds is 4. The molecule has 5 rings (SSSR count). The van der Waals surface area contributed by atoms with Gasteiger partial charge in [0.25, 0.3) is 5.91 Å². The maximum Gasteiger partial charge on any atom is 0.256 e. The summed E-state index contributed by atoms with van der Waals surface area (Å²) in [5, 5.41) is 2.99. The standard InChI is InChI=1S/C22H31ClFN3O3/c23-13-3-4-17-18(9-13)30-19-11-14(24)10-15-20(19)27(17)12-16(21(15)28)22(29)25-5-8-26-6-1-2-7-26/h12-15,17-20H,1-11H2,(H,25,29). The van der Waals surface area contributed by atoms with Crippen LogP contribution in [0.4, 0.5) is 4.39 Å². The largest absolute Gasteiger partial charge is 0.371 e. The molecule has 0 aromatic rings. The smallest absolute Gasteiger partial charge is 0.256 e. The molecule has 4 fully saturated rings. The van der Waals surface area contributed by atoms with E-state index in [1.807, 2.05) is 0 Å². The van der Waals surface area contributed by atoms with E-state index in [2.05, 4.69) is 15.1 Å². The van der Waals surface area contributed by atoms with Crippen LogP contribution in [0.25, 0.3) is 0 Å². The van der Waals surface area contributed by atoms with E-state index < -0.39 is 12.1 Å². The van der Waals surface area contributed by atoms with Crippen molar-refractivity contribution in [1.82, 2.24) is 15.1 Å². The van der Waals surface area contributed by atoms with Crippen LogP contribution in [-0.2, 0) is 14.3 Å². The van der Waals surface area contributed by atoms with Crippen LogP contribution >= 0.6 is 11.6 Å². The van der Waals surface area contributed by atoms with Gasteiger partial charge >= 0.3 is 0 Å². The van der Waals surface area contributed by atoms with Crippen LogP contribution in [-0.4, -0.2) is 83.5 Å². The molecular formula is C22H31ClFN3O3. The lowest BCUT2D eigenvalue weighted by Gasteiger charge is -2.57. The van der Waals surface area contributed by atoms with Gasteiger partial charge in [-0.1, -0.05) is 0 Å². The van der Waals surface area contributed by atoms with E-state index in [4.69, 9.17) is 16.3 Å². The lowest BCUT2D eigenvalue weighted by molar-refractivity contribution is -0.187. The number of carbonyl (C=O) groups is 2. The quantitative estimate of drug-likeness (QED) is 0.536. The number of ketones is 1. The van der Waals surface area contributed by atoms with Crippen LogP contribution in [0.3, 0.4) is 0 Å². The lowest BCUT2D eigenvalue weighted by Crippen LogP contribution is -2.67. The molecule has 3 aliphatic heterocycles. The highest BCUT2D eigenvalue weighted by Gasteiger charge is 2.55. The Morgan fingerprint density at radius 3 is 2.80 bits per heavy atom. The molecular weight excluding hydrogens is 409 g/mol. The zero-order valence-electron chi connectivity index (χ0n) is 17.3. The van der Waals surface area contributed by atoms with Crippen molar-refractivity contribution in [1.29, 1.82) is 0 Å². The number of hydrogen-bond acceptors (Lipinski definition) is 5. The topological polar surface area (TPSA) is 61.9 Å². The fourth-order valence-corrected chi connectivity index (χ4v) is 6.45. The summed E-state index contributed by atoms with van der Waals surface area (Å²) in [6.45, 7) is 3.46. The van der Waals surface area contributed by atoms with Crippen molar-refractivity contribution in [2.75, 3.05) is 26.2 Å². The van der Waals surface area contributed by atoms with Gasteiger partial charge in [0.15, 0.2) is 5.78 Å². The number of amides is 1. The zero-order chi connectivity index (χ0) is 20.8. The molecule has 2 aliphatic carbocycles. The van der Waals surface area contributed by atoms with Crippen molar-refractivity contribution >= 4 is 23.3 Å². The summed E-state index contributed by atoms with van der Waals surface area (Å²) in [6, 6.07) is -0.0702. The number of alkyl halides is 2. The van der Waals surface area contributed by atoms with Gasteiger partial charge in [-0.15, -0.1) is 11.6 Å². The first-order chi connectivity index (χ1) is 14.5. The van der Waals surface area contributed by atoms with E-state index >= 15 is 0 Å². The Labute approximate surface area is 182 Å². The highest BCUT2D eigenvalue weighted by Crippen LogP contribution is 2.45. The summed E-state index contributed by atoms with van der Waals surface area (Å²) in [7, 11) is 0. The molecule has 0 aromatic heterocycles. The second-order valence-corrected chi connectivity index (χ2v) is 10.1. The van der Waals surface area contributed by atoms with E-state index in [9.17, 15) is 14.0 Å². The van der Waals surface area contributed by atoms with Gasteiger partial charge in [-0.3, -0.25) is 9.59 Å². The van der Waals surface area contributed by atoms with Gasteiger partial charge in [0.05, 0.1) is 29.9 Å². The van der Waals surface area contributed by atoms with Crippen LogP contribution in [0.1, 0.15) is 44.9 Å². The Morgan fingerprint density at radius 2 is 2.00 bits per heavy atom. The highest BCUT2D eigenvalue weighted by molar-refractivity contribution is 6.21. The number of carbonyl (C=O) groups excluding carboxylic acids is 2. The first-order valence-corrected chi connectivity index (χ1v) is 11.9. The number of nitrogens with zero attached hydrogens (tertiary/aromatic N) is 2. The van der Waals surface area contributed by atoms with Gasteiger partial charge in [0.2, 0.25) is 0 Å². The van der Waals surface area contributed by atoms with Crippen molar-refractivity contribution in [3.05, 3.63) is 11.8 Å². The molecule has 6 nitrogen and oxygen atoms in total. The number of fused-ring (bicyclic) bond motifs is 2. The fraction of sp³-hybridized carbons (Fsp3) is 0.818. The van der Waals surface area contributed by atoms with E-state index in [1.54, 1.807) is 6.20 Å². The van der Waals surface area contributed by atoms with E-state index in [0.717, 1.165) is 38.9 Å². The van der Waals surface area contributed by atoms with Crippen molar-refractivity contribution in [3.8, 4) is 0 Å². The normalized spacial score (nSPS) is 41.1. The van der Waals surface area contributed by atoms with Crippen LogP contribution in [0.5, 0.6) is 0 Å².